The fraction of sp³-hybridized carbons (Fsp3) is 0.278. The summed E-state index contributed by atoms with van der Waals surface area (Å²) in [6, 6.07) is 11.1. The smallest absolute Gasteiger partial charge is 0.0961 e. The lowest BCUT2D eigenvalue weighted by Crippen LogP contribution is -1.99. The molecule has 3 rings (SSSR count). The molecule has 0 aliphatic carbocycles. The Balaban J connectivity index is 2.02. The monoisotopic (exact) mass is 264 g/mol. The van der Waals surface area contributed by atoms with E-state index in [1.54, 1.807) is 0 Å². The Bertz CT molecular complexity index is 781. The lowest BCUT2D eigenvalue weighted by molar-refractivity contribution is 0.822. The predicted octanol–water partition coefficient (Wildman–Crippen LogP) is 4.32. The van der Waals surface area contributed by atoms with Gasteiger partial charge in [0, 0.05) is 6.54 Å². The summed E-state index contributed by atoms with van der Waals surface area (Å²) in [7, 11) is 0. The quantitative estimate of drug-likeness (QED) is 0.674. The highest BCUT2D eigenvalue weighted by Crippen LogP contribution is 2.20. The van der Waals surface area contributed by atoms with Crippen LogP contribution < -0.4 is 0 Å². The Kier molecular flexibility index (Phi) is 3.09. The Hall–Kier alpha value is -2.09. The Morgan fingerprint density at radius 3 is 2.30 bits per heavy atom. The van der Waals surface area contributed by atoms with Gasteiger partial charge in [0.1, 0.15) is 0 Å². The van der Waals surface area contributed by atoms with Gasteiger partial charge in [-0.05, 0) is 67.6 Å². The molecule has 1 aromatic heterocycles. The van der Waals surface area contributed by atoms with Gasteiger partial charge in [-0.15, -0.1) is 0 Å². The van der Waals surface area contributed by atoms with Crippen LogP contribution in [0.2, 0.25) is 0 Å². The van der Waals surface area contributed by atoms with Crippen LogP contribution in [0.4, 0.5) is 0 Å². The summed E-state index contributed by atoms with van der Waals surface area (Å²) in [6.45, 7) is 9.48. The van der Waals surface area contributed by atoms with Crippen molar-refractivity contribution in [1.82, 2.24) is 9.55 Å². The largest absolute Gasteiger partial charge is 0.326 e. The zero-order valence-electron chi connectivity index (χ0n) is 12.6. The Morgan fingerprint density at radius 2 is 1.55 bits per heavy atom. The van der Waals surface area contributed by atoms with Crippen molar-refractivity contribution in [1.29, 1.82) is 0 Å². The molecule has 20 heavy (non-hydrogen) atoms. The van der Waals surface area contributed by atoms with Crippen LogP contribution in [-0.2, 0) is 6.54 Å². The number of nitrogens with zero attached hydrogens (tertiary/aromatic N) is 2. The number of fused-ring (bicyclic) bond motifs is 1. The first-order valence-electron chi connectivity index (χ1n) is 7.03. The van der Waals surface area contributed by atoms with E-state index in [9.17, 15) is 0 Å². The minimum Gasteiger partial charge on any atom is -0.326 e. The molecule has 0 N–H and O–H groups in total. The van der Waals surface area contributed by atoms with Gasteiger partial charge < -0.3 is 4.57 Å². The summed E-state index contributed by atoms with van der Waals surface area (Å²) in [4.78, 5) is 4.52. The molecule has 102 valence electrons. The van der Waals surface area contributed by atoms with Crippen molar-refractivity contribution in [2.45, 2.75) is 34.2 Å². The van der Waals surface area contributed by atoms with Crippen LogP contribution in [0.5, 0.6) is 0 Å². The molecule has 0 bridgehead atoms. The molecule has 2 aromatic carbocycles. The van der Waals surface area contributed by atoms with Gasteiger partial charge in [0.25, 0.3) is 0 Å². The first-order chi connectivity index (χ1) is 9.54. The third-order valence-corrected chi connectivity index (χ3v) is 4.16. The molecule has 0 aliphatic heterocycles. The van der Waals surface area contributed by atoms with Crippen LogP contribution in [0.3, 0.4) is 0 Å². The summed E-state index contributed by atoms with van der Waals surface area (Å²) in [5, 5.41) is 0. The van der Waals surface area contributed by atoms with Crippen molar-refractivity contribution >= 4 is 11.0 Å². The van der Waals surface area contributed by atoms with E-state index in [0.29, 0.717) is 0 Å². The fourth-order valence-electron chi connectivity index (χ4n) is 2.54. The predicted molar refractivity (Wildman–Crippen MR) is 84.2 cm³/mol. The van der Waals surface area contributed by atoms with Gasteiger partial charge in [-0.25, -0.2) is 4.98 Å². The molecule has 0 radical (unpaired) electrons. The average molecular weight is 264 g/mol. The lowest BCUT2D eigenvalue weighted by Gasteiger charge is -2.08. The van der Waals surface area contributed by atoms with E-state index in [1.165, 1.54) is 33.3 Å². The van der Waals surface area contributed by atoms with Gasteiger partial charge in [-0.3, -0.25) is 0 Å². The number of benzene rings is 2. The van der Waals surface area contributed by atoms with Crippen LogP contribution in [0.25, 0.3) is 11.0 Å². The third-order valence-electron chi connectivity index (χ3n) is 4.16. The van der Waals surface area contributed by atoms with Gasteiger partial charge >= 0.3 is 0 Å². The van der Waals surface area contributed by atoms with Gasteiger partial charge in [0.15, 0.2) is 0 Å². The zero-order chi connectivity index (χ0) is 14.3. The van der Waals surface area contributed by atoms with E-state index in [-0.39, 0.29) is 0 Å². The minimum atomic E-state index is 0.875. The van der Waals surface area contributed by atoms with Crippen molar-refractivity contribution in [2.75, 3.05) is 0 Å². The minimum absolute atomic E-state index is 0.875. The van der Waals surface area contributed by atoms with Gasteiger partial charge in [-0.2, -0.15) is 0 Å². The summed E-state index contributed by atoms with van der Waals surface area (Å²) < 4.78 is 2.23. The molecular formula is C18H20N2. The molecule has 3 aromatic rings. The zero-order valence-corrected chi connectivity index (χ0v) is 12.6. The molecule has 0 unspecified atom stereocenters. The molecule has 0 aliphatic rings. The van der Waals surface area contributed by atoms with Crippen molar-refractivity contribution in [2.24, 2.45) is 0 Å². The number of aromatic nitrogens is 2. The van der Waals surface area contributed by atoms with Crippen LogP contribution in [0, 0.1) is 27.7 Å². The molecule has 0 atom stereocenters. The van der Waals surface area contributed by atoms with Gasteiger partial charge in [-0.1, -0.05) is 18.2 Å². The molecule has 0 fully saturated rings. The number of imidazole rings is 1. The summed E-state index contributed by atoms with van der Waals surface area (Å²) in [5.74, 6) is 0. The van der Waals surface area contributed by atoms with E-state index < -0.39 is 0 Å². The van der Waals surface area contributed by atoms with Crippen molar-refractivity contribution in [3.05, 3.63) is 64.5 Å². The van der Waals surface area contributed by atoms with Gasteiger partial charge in [0.05, 0.1) is 17.4 Å². The first kappa shape index (κ1) is 12.9. The number of aryl methyl sites for hydroxylation is 4. The van der Waals surface area contributed by atoms with E-state index >= 15 is 0 Å². The van der Waals surface area contributed by atoms with E-state index in [2.05, 4.69) is 67.6 Å². The van der Waals surface area contributed by atoms with Crippen LogP contribution >= 0.6 is 0 Å². The second-order valence-electron chi connectivity index (χ2n) is 5.72. The standard InChI is InChI=1S/C18H20N2/c1-12-5-6-16(7-13(12)2)10-20-11-19-17-8-14(3)15(4)9-18(17)20/h5-9,11H,10H2,1-4H3. The van der Waals surface area contributed by atoms with E-state index in [4.69, 9.17) is 0 Å². The Morgan fingerprint density at radius 1 is 0.850 bits per heavy atom. The van der Waals surface area contributed by atoms with Crippen molar-refractivity contribution < 1.29 is 0 Å². The summed E-state index contributed by atoms with van der Waals surface area (Å²) in [6.07, 6.45) is 1.94. The summed E-state index contributed by atoms with van der Waals surface area (Å²) in [5.41, 5.74) is 8.93. The van der Waals surface area contributed by atoms with E-state index in [1.807, 2.05) is 6.33 Å². The third kappa shape index (κ3) is 2.22. The highest BCUT2D eigenvalue weighted by molar-refractivity contribution is 5.77. The van der Waals surface area contributed by atoms with Crippen LogP contribution in [-0.4, -0.2) is 9.55 Å². The molecule has 1 heterocycles. The van der Waals surface area contributed by atoms with Crippen molar-refractivity contribution in [3.63, 3.8) is 0 Å². The second kappa shape index (κ2) is 4.78. The van der Waals surface area contributed by atoms with Crippen LogP contribution in [0.15, 0.2) is 36.7 Å². The number of hydrogen-bond donors (Lipinski definition) is 0. The van der Waals surface area contributed by atoms with E-state index in [0.717, 1.165) is 12.1 Å². The van der Waals surface area contributed by atoms with Crippen molar-refractivity contribution in [3.8, 4) is 0 Å². The molecular weight excluding hydrogens is 244 g/mol. The topological polar surface area (TPSA) is 17.8 Å². The maximum Gasteiger partial charge on any atom is 0.0961 e. The van der Waals surface area contributed by atoms with Crippen LogP contribution in [0.1, 0.15) is 27.8 Å². The highest BCUT2D eigenvalue weighted by Gasteiger charge is 2.06. The fourth-order valence-corrected chi connectivity index (χ4v) is 2.54. The molecule has 0 saturated carbocycles. The summed E-state index contributed by atoms with van der Waals surface area (Å²) >= 11 is 0. The second-order valence-corrected chi connectivity index (χ2v) is 5.72. The molecule has 2 nitrogen and oxygen atoms in total. The van der Waals surface area contributed by atoms with Gasteiger partial charge in [0.2, 0.25) is 0 Å². The highest BCUT2D eigenvalue weighted by atomic mass is 15.0. The first-order valence-corrected chi connectivity index (χ1v) is 7.03. The molecule has 0 saturated heterocycles. The SMILES string of the molecule is Cc1ccc(Cn2cnc3cc(C)c(C)cc32)cc1C. The Labute approximate surface area is 120 Å². The maximum absolute atomic E-state index is 4.52. The maximum atomic E-state index is 4.52. The average Bonchev–Trinajstić information content (AvgIpc) is 2.77. The molecule has 0 spiro atoms. The number of rotatable bonds is 2. The number of hydrogen-bond acceptors (Lipinski definition) is 1. The molecule has 2 heteroatoms. The lowest BCUT2D eigenvalue weighted by atomic mass is 10.1. The molecule has 0 amide bonds. The normalized spacial score (nSPS) is 11.2.